The molecule has 2 aromatic carbocycles. The Morgan fingerprint density at radius 1 is 1.04 bits per heavy atom. The average molecular weight is 378 g/mol. The van der Waals surface area contributed by atoms with Crippen LogP contribution in [0.5, 0.6) is 0 Å². The van der Waals surface area contributed by atoms with Gasteiger partial charge in [-0.25, -0.2) is 0 Å². The molecule has 1 fully saturated rings. The van der Waals surface area contributed by atoms with Crippen molar-refractivity contribution in [2.24, 2.45) is 0 Å². The second-order valence-electron chi connectivity index (χ2n) is 6.79. The lowest BCUT2D eigenvalue weighted by molar-refractivity contribution is 0.0342. The van der Waals surface area contributed by atoms with E-state index in [9.17, 15) is 9.59 Å². The summed E-state index contributed by atoms with van der Waals surface area (Å²) >= 11 is 0. The number of hydrogen-bond acceptors (Lipinski definition) is 4. The first-order valence-electron chi connectivity index (χ1n) is 9.26. The van der Waals surface area contributed by atoms with Crippen LogP contribution in [0.3, 0.4) is 0 Å². The number of ether oxygens (including phenoxy) is 1. The van der Waals surface area contributed by atoms with Crippen LogP contribution in [0, 0.1) is 0 Å². The van der Waals surface area contributed by atoms with Crippen LogP contribution in [-0.4, -0.2) is 47.3 Å². The molecule has 1 aromatic heterocycles. The lowest BCUT2D eigenvalue weighted by atomic mass is 10.1. The highest BCUT2D eigenvalue weighted by Gasteiger charge is 2.12. The molecular weight excluding hydrogens is 356 g/mol. The number of anilines is 1. The van der Waals surface area contributed by atoms with Crippen molar-refractivity contribution in [3.63, 3.8) is 0 Å². The van der Waals surface area contributed by atoms with E-state index in [2.05, 4.69) is 20.4 Å². The van der Waals surface area contributed by atoms with Crippen LogP contribution >= 0.6 is 0 Å². The minimum Gasteiger partial charge on any atom is -0.379 e. The molecule has 4 rings (SSSR count). The highest BCUT2D eigenvalue weighted by atomic mass is 16.5. The Kier molecular flexibility index (Phi) is 5.36. The molecule has 0 aliphatic carbocycles. The zero-order valence-electron chi connectivity index (χ0n) is 15.4. The van der Waals surface area contributed by atoms with E-state index in [4.69, 9.17) is 4.74 Å². The zero-order chi connectivity index (χ0) is 19.3. The number of hydrogen-bond donors (Lipinski definition) is 3. The third kappa shape index (κ3) is 4.39. The van der Waals surface area contributed by atoms with Gasteiger partial charge in [0.15, 0.2) is 0 Å². The zero-order valence-corrected chi connectivity index (χ0v) is 15.4. The van der Waals surface area contributed by atoms with E-state index < -0.39 is 0 Å². The van der Waals surface area contributed by atoms with Crippen molar-refractivity contribution in [2.45, 2.75) is 6.54 Å². The van der Waals surface area contributed by atoms with Crippen molar-refractivity contribution >= 4 is 11.6 Å². The third-order valence-electron chi connectivity index (χ3n) is 4.75. The Bertz CT molecular complexity index is 1000. The minimum absolute atomic E-state index is 0.147. The smallest absolute Gasteiger partial charge is 0.264 e. The maximum atomic E-state index is 12.6. The maximum absolute atomic E-state index is 12.6. The van der Waals surface area contributed by atoms with Crippen molar-refractivity contribution in [3.05, 3.63) is 76.1 Å². The second kappa shape index (κ2) is 8.24. The molecule has 0 saturated carbocycles. The van der Waals surface area contributed by atoms with Gasteiger partial charge in [0.2, 0.25) is 0 Å². The van der Waals surface area contributed by atoms with E-state index in [0.29, 0.717) is 16.9 Å². The number of morpholine rings is 1. The van der Waals surface area contributed by atoms with E-state index in [0.717, 1.165) is 44.0 Å². The standard InChI is InChI=1S/C21H22N4O3/c26-20-13-19(23-24-20)16-4-6-18(7-5-16)22-21(27)17-3-1-2-15(12-17)14-25-8-10-28-11-9-25/h1-7,12-13H,8-11,14H2,(H,22,27)(H2,23,24,26). The van der Waals surface area contributed by atoms with Crippen LogP contribution in [0.1, 0.15) is 15.9 Å². The van der Waals surface area contributed by atoms with E-state index >= 15 is 0 Å². The summed E-state index contributed by atoms with van der Waals surface area (Å²) in [5.41, 5.74) is 3.84. The van der Waals surface area contributed by atoms with Crippen molar-refractivity contribution in [3.8, 4) is 11.3 Å². The Morgan fingerprint density at radius 3 is 2.54 bits per heavy atom. The lowest BCUT2D eigenvalue weighted by Gasteiger charge is -2.26. The number of carbonyl (C=O) groups is 1. The van der Waals surface area contributed by atoms with Gasteiger partial charge in [-0.3, -0.25) is 24.7 Å². The van der Waals surface area contributed by atoms with Crippen LogP contribution in [-0.2, 0) is 11.3 Å². The Morgan fingerprint density at radius 2 is 1.82 bits per heavy atom. The van der Waals surface area contributed by atoms with E-state index in [1.54, 1.807) is 0 Å². The minimum atomic E-state index is -0.177. The summed E-state index contributed by atoms with van der Waals surface area (Å²) in [7, 11) is 0. The first-order chi connectivity index (χ1) is 13.7. The molecule has 0 radical (unpaired) electrons. The van der Waals surface area contributed by atoms with Crippen LogP contribution in [0.15, 0.2) is 59.4 Å². The number of aromatic nitrogens is 2. The summed E-state index contributed by atoms with van der Waals surface area (Å²) in [6.07, 6.45) is 0. The van der Waals surface area contributed by atoms with Gasteiger partial charge in [-0.05, 0) is 35.4 Å². The van der Waals surface area contributed by atoms with Gasteiger partial charge in [-0.2, -0.15) is 0 Å². The molecule has 144 valence electrons. The van der Waals surface area contributed by atoms with Gasteiger partial charge in [0.05, 0.1) is 18.9 Å². The normalized spacial score (nSPS) is 14.7. The van der Waals surface area contributed by atoms with Crippen molar-refractivity contribution < 1.29 is 9.53 Å². The van der Waals surface area contributed by atoms with Crippen LogP contribution < -0.4 is 10.9 Å². The summed E-state index contributed by atoms with van der Waals surface area (Å²) in [5.74, 6) is -0.147. The average Bonchev–Trinajstić information content (AvgIpc) is 3.16. The molecule has 0 bridgehead atoms. The molecule has 28 heavy (non-hydrogen) atoms. The summed E-state index contributed by atoms with van der Waals surface area (Å²) in [6.45, 7) is 4.15. The molecule has 2 heterocycles. The second-order valence-corrected chi connectivity index (χ2v) is 6.79. The molecule has 1 aliphatic rings. The highest BCUT2D eigenvalue weighted by molar-refractivity contribution is 6.04. The number of rotatable bonds is 5. The van der Waals surface area contributed by atoms with E-state index in [-0.39, 0.29) is 11.5 Å². The molecule has 3 N–H and O–H groups in total. The molecule has 3 aromatic rings. The fourth-order valence-electron chi connectivity index (χ4n) is 3.25. The van der Waals surface area contributed by atoms with Crippen molar-refractivity contribution in [2.75, 3.05) is 31.6 Å². The van der Waals surface area contributed by atoms with Gasteiger partial charge in [0.1, 0.15) is 0 Å². The Labute approximate surface area is 162 Å². The largest absolute Gasteiger partial charge is 0.379 e. The molecule has 7 nitrogen and oxygen atoms in total. The van der Waals surface area contributed by atoms with Gasteiger partial charge < -0.3 is 10.1 Å². The maximum Gasteiger partial charge on any atom is 0.264 e. The lowest BCUT2D eigenvalue weighted by Crippen LogP contribution is -2.35. The molecule has 1 saturated heterocycles. The molecule has 0 spiro atoms. The monoisotopic (exact) mass is 378 g/mol. The topological polar surface area (TPSA) is 90.2 Å². The molecular formula is C21H22N4O3. The fourth-order valence-corrected chi connectivity index (χ4v) is 3.25. The third-order valence-corrected chi connectivity index (χ3v) is 4.75. The van der Waals surface area contributed by atoms with Crippen molar-refractivity contribution in [1.29, 1.82) is 0 Å². The van der Waals surface area contributed by atoms with Crippen molar-refractivity contribution in [1.82, 2.24) is 15.1 Å². The Balaban J connectivity index is 1.41. The molecule has 1 aliphatic heterocycles. The summed E-state index contributed by atoms with van der Waals surface area (Å²) in [6, 6.07) is 16.5. The number of carbonyl (C=O) groups excluding carboxylic acids is 1. The van der Waals surface area contributed by atoms with Gasteiger partial charge in [-0.15, -0.1) is 0 Å². The molecule has 0 atom stereocenters. The number of benzene rings is 2. The molecule has 1 amide bonds. The Hall–Kier alpha value is -3.16. The number of nitrogens with zero attached hydrogens (tertiary/aromatic N) is 1. The fraction of sp³-hybridized carbons (Fsp3) is 0.238. The highest BCUT2D eigenvalue weighted by Crippen LogP contribution is 2.19. The molecule has 7 heteroatoms. The predicted molar refractivity (Wildman–Crippen MR) is 107 cm³/mol. The van der Waals surface area contributed by atoms with Crippen LogP contribution in [0.4, 0.5) is 5.69 Å². The number of amides is 1. The van der Waals surface area contributed by atoms with E-state index in [1.165, 1.54) is 6.07 Å². The summed E-state index contributed by atoms with van der Waals surface area (Å²) in [4.78, 5) is 26.2. The number of nitrogens with one attached hydrogen (secondary N) is 3. The van der Waals surface area contributed by atoms with Gasteiger partial charge in [-0.1, -0.05) is 24.3 Å². The first-order valence-corrected chi connectivity index (χ1v) is 9.26. The molecule has 0 unspecified atom stereocenters. The van der Waals surface area contributed by atoms with Gasteiger partial charge in [0, 0.05) is 37.0 Å². The van der Waals surface area contributed by atoms with E-state index in [1.807, 2.05) is 48.5 Å². The number of H-pyrrole nitrogens is 2. The van der Waals surface area contributed by atoms with Crippen LogP contribution in [0.25, 0.3) is 11.3 Å². The first kappa shape index (κ1) is 18.2. The SMILES string of the molecule is O=C(Nc1ccc(-c2cc(=O)[nH][nH]2)cc1)c1cccc(CN2CCOCC2)c1. The quantitative estimate of drug-likeness (QED) is 0.636. The predicted octanol–water partition coefficient (Wildman–Crippen LogP) is 2.45. The summed E-state index contributed by atoms with van der Waals surface area (Å²) < 4.78 is 5.38. The summed E-state index contributed by atoms with van der Waals surface area (Å²) in [5, 5.41) is 8.24. The number of aromatic amines is 2. The van der Waals surface area contributed by atoms with Crippen LogP contribution in [0.2, 0.25) is 0 Å². The van der Waals surface area contributed by atoms with Gasteiger partial charge in [0.25, 0.3) is 11.5 Å². The van der Waals surface area contributed by atoms with Gasteiger partial charge >= 0.3 is 0 Å².